The molecular formula is C4H8N4O5S. The van der Waals surface area contributed by atoms with Crippen molar-refractivity contribution in [3.05, 3.63) is 0 Å². The van der Waals surface area contributed by atoms with Gasteiger partial charge in [0.15, 0.2) is 0 Å². The Morgan fingerprint density at radius 1 is 1.57 bits per heavy atom. The molecule has 0 radical (unpaired) electrons. The highest BCUT2D eigenvalue weighted by atomic mass is 32.2. The first-order chi connectivity index (χ1) is 6.47. The lowest BCUT2D eigenvalue weighted by atomic mass is 10.9. The number of hydrogen-bond acceptors (Lipinski definition) is 6. The van der Waals surface area contributed by atoms with Gasteiger partial charge in [-0.05, 0) is 11.4 Å². The van der Waals surface area contributed by atoms with E-state index in [1.165, 1.54) is 6.92 Å². The van der Waals surface area contributed by atoms with Crippen LogP contribution in [0, 0.1) is 0 Å². The normalized spacial score (nSPS) is 8.64. The molecule has 14 heavy (non-hydrogen) atoms. The summed E-state index contributed by atoms with van der Waals surface area (Å²) in [6.07, 6.45) is -1.16. The van der Waals surface area contributed by atoms with E-state index in [9.17, 15) is 18.0 Å². The highest BCUT2D eigenvalue weighted by molar-refractivity contribution is 7.61. The number of ether oxygens (including phenoxy) is 1. The zero-order valence-corrected chi connectivity index (χ0v) is 7.94. The van der Waals surface area contributed by atoms with Crippen LogP contribution in [-0.2, 0) is 15.2 Å². The Labute approximate surface area is 80.5 Å². The molecule has 0 unspecified atom stereocenters. The predicted molar refractivity (Wildman–Crippen MR) is 42.9 cm³/mol. The zero-order chi connectivity index (χ0) is 11.1. The summed E-state index contributed by atoms with van der Waals surface area (Å²) >= 11 is 0. The first kappa shape index (κ1) is 12.2. The highest BCUT2D eigenvalue weighted by Gasteiger charge is 2.15. The Bertz CT molecular complexity index is 341. The molecule has 0 rings (SSSR count). The number of hydrogen-bond donors (Lipinski definition) is 2. The van der Waals surface area contributed by atoms with E-state index < -0.39 is 22.6 Å². The molecule has 3 amide bonds. The lowest BCUT2D eigenvalue weighted by Gasteiger charge is -2.12. The van der Waals surface area contributed by atoms with E-state index in [-0.39, 0.29) is 11.7 Å². The molecular weight excluding hydrogens is 216 g/mol. The van der Waals surface area contributed by atoms with E-state index in [1.54, 1.807) is 5.43 Å². The van der Waals surface area contributed by atoms with Crippen LogP contribution in [-0.4, -0.2) is 32.3 Å². The minimum atomic E-state index is -2.91. The molecule has 0 aliphatic heterocycles. The molecule has 0 aliphatic carbocycles. The summed E-state index contributed by atoms with van der Waals surface area (Å²) in [5, 5.41) is 0.0783. The van der Waals surface area contributed by atoms with Crippen molar-refractivity contribution in [3.63, 3.8) is 0 Å². The number of rotatable bonds is 2. The third-order valence-electron chi connectivity index (χ3n) is 0.805. The number of hydrazine groups is 1. The molecule has 0 aromatic carbocycles. The van der Waals surface area contributed by atoms with Crippen LogP contribution in [0.4, 0.5) is 9.59 Å². The van der Waals surface area contributed by atoms with Crippen LogP contribution >= 0.6 is 0 Å². The third kappa shape index (κ3) is 4.92. The zero-order valence-electron chi connectivity index (χ0n) is 7.13. The number of carbonyl (C=O) groups excluding carboxylic acids is 2. The van der Waals surface area contributed by atoms with Gasteiger partial charge in [-0.25, -0.2) is 15.0 Å². The van der Waals surface area contributed by atoms with Gasteiger partial charge in [0.2, 0.25) is 0 Å². The second-order valence-electron chi connectivity index (χ2n) is 1.79. The Balaban J connectivity index is 4.63. The van der Waals surface area contributed by atoms with Gasteiger partial charge in [0.05, 0.1) is 6.61 Å². The van der Waals surface area contributed by atoms with Crippen molar-refractivity contribution in [1.29, 1.82) is 0 Å². The van der Waals surface area contributed by atoms with Gasteiger partial charge in [-0.2, -0.15) is 8.42 Å². The fourth-order valence-corrected chi connectivity index (χ4v) is 0.696. The van der Waals surface area contributed by atoms with Crippen LogP contribution < -0.4 is 11.2 Å². The first-order valence-electron chi connectivity index (χ1n) is 3.31. The van der Waals surface area contributed by atoms with Crippen LogP contribution in [0.5, 0.6) is 0 Å². The second kappa shape index (κ2) is 5.75. The van der Waals surface area contributed by atoms with Crippen LogP contribution in [0.2, 0.25) is 0 Å². The van der Waals surface area contributed by atoms with Gasteiger partial charge in [0.1, 0.15) is 0 Å². The second-order valence-corrected chi connectivity index (χ2v) is 2.38. The van der Waals surface area contributed by atoms with E-state index >= 15 is 0 Å². The van der Waals surface area contributed by atoms with Gasteiger partial charge in [-0.1, -0.05) is 5.12 Å². The fraction of sp³-hybridized carbons (Fsp3) is 0.500. The summed E-state index contributed by atoms with van der Waals surface area (Å²) in [5.41, 5.74) is 6.28. The largest absolute Gasteiger partial charge is 0.451 e. The van der Waals surface area contributed by atoms with Gasteiger partial charge in [-0.3, -0.25) is 0 Å². The summed E-state index contributed by atoms with van der Waals surface area (Å²) in [6, 6.07) is -1.15. The van der Waals surface area contributed by atoms with Crippen LogP contribution in [0.25, 0.3) is 0 Å². The van der Waals surface area contributed by atoms with Gasteiger partial charge >= 0.3 is 22.6 Å². The number of urea groups is 1. The fourth-order valence-electron chi connectivity index (χ4n) is 0.455. The maximum atomic E-state index is 10.9. The van der Waals surface area contributed by atoms with Crippen molar-refractivity contribution in [2.45, 2.75) is 6.92 Å². The molecule has 0 bridgehead atoms. The Morgan fingerprint density at radius 2 is 2.14 bits per heavy atom. The molecule has 0 aromatic rings. The van der Waals surface area contributed by atoms with E-state index in [1.807, 2.05) is 0 Å². The number of nitrogens with zero attached hydrogens (tertiary/aromatic N) is 2. The van der Waals surface area contributed by atoms with Crippen molar-refractivity contribution in [1.82, 2.24) is 10.5 Å². The van der Waals surface area contributed by atoms with E-state index in [0.717, 1.165) is 0 Å². The Hall–Kier alpha value is -1.84. The topological polar surface area (TPSA) is 131 Å². The summed E-state index contributed by atoms with van der Waals surface area (Å²) < 4.78 is 27.2. The molecule has 0 saturated heterocycles. The molecule has 0 aliphatic rings. The van der Waals surface area contributed by atoms with Crippen LogP contribution in [0.1, 0.15) is 6.92 Å². The van der Waals surface area contributed by atoms with Crippen molar-refractivity contribution in [3.8, 4) is 0 Å². The lowest BCUT2D eigenvalue weighted by molar-refractivity contribution is 0.0940. The molecule has 0 atom stereocenters. The maximum absolute atomic E-state index is 10.9. The van der Waals surface area contributed by atoms with Gasteiger partial charge in [-0.15, -0.1) is 0 Å². The van der Waals surface area contributed by atoms with Gasteiger partial charge in [0.25, 0.3) is 0 Å². The Kier molecular flexibility index (Phi) is 4.99. The molecule has 10 heteroatoms. The molecule has 0 heterocycles. The number of nitrogens with one attached hydrogen (secondary N) is 1. The van der Waals surface area contributed by atoms with E-state index in [2.05, 4.69) is 14.9 Å². The monoisotopic (exact) mass is 224 g/mol. The quantitative estimate of drug-likeness (QED) is 0.581. The smallest absolute Gasteiger partial charge is 0.447 e. The number of primary amides is 1. The first-order valence-corrected chi connectivity index (χ1v) is 4.34. The Morgan fingerprint density at radius 3 is 2.50 bits per heavy atom. The van der Waals surface area contributed by atoms with Crippen LogP contribution in [0.15, 0.2) is 4.47 Å². The summed E-state index contributed by atoms with van der Waals surface area (Å²) in [7, 11) is -2.91. The molecule has 0 fully saturated rings. The van der Waals surface area contributed by atoms with Crippen molar-refractivity contribution in [2.24, 2.45) is 10.2 Å². The molecule has 0 saturated carbocycles. The molecule has 0 spiro atoms. The molecule has 0 aromatic heterocycles. The van der Waals surface area contributed by atoms with Crippen molar-refractivity contribution < 1.29 is 22.7 Å². The molecule has 9 nitrogen and oxygen atoms in total. The SMILES string of the molecule is CCOC(=O)N(N=S(=O)=O)NC(N)=O. The summed E-state index contributed by atoms with van der Waals surface area (Å²) in [5.74, 6) is 0. The lowest BCUT2D eigenvalue weighted by Crippen LogP contribution is -2.45. The number of carbonyl (C=O) groups is 2. The van der Waals surface area contributed by atoms with Crippen molar-refractivity contribution in [2.75, 3.05) is 6.61 Å². The predicted octanol–water partition coefficient (Wildman–Crippen LogP) is -0.994. The summed E-state index contributed by atoms with van der Waals surface area (Å²) in [4.78, 5) is 21.2. The number of amides is 3. The third-order valence-corrected chi connectivity index (χ3v) is 1.10. The molecule has 80 valence electrons. The molecule has 3 N–H and O–H groups in total. The minimum Gasteiger partial charge on any atom is -0.447 e. The van der Waals surface area contributed by atoms with Crippen molar-refractivity contribution >= 4 is 22.6 Å². The van der Waals surface area contributed by atoms with Gasteiger partial charge in [0, 0.05) is 0 Å². The van der Waals surface area contributed by atoms with Gasteiger partial charge < -0.3 is 10.5 Å². The van der Waals surface area contributed by atoms with E-state index in [0.29, 0.717) is 0 Å². The van der Waals surface area contributed by atoms with Crippen LogP contribution in [0.3, 0.4) is 0 Å². The highest BCUT2D eigenvalue weighted by Crippen LogP contribution is 1.90. The minimum absolute atomic E-state index is 0.00319. The maximum Gasteiger partial charge on any atom is 0.451 e. The average Bonchev–Trinajstić information content (AvgIpc) is 2.01. The summed E-state index contributed by atoms with van der Waals surface area (Å²) in [6.45, 7) is 1.49. The van der Waals surface area contributed by atoms with E-state index in [4.69, 9.17) is 0 Å². The standard InChI is InChI=1S/C4H8N4O5S/c1-2-13-4(10)8(6-3(5)9)7-14(11)12/h2H2,1H3,(H3,5,6,9). The average molecular weight is 224 g/mol. The number of nitrogens with two attached hydrogens (primary N) is 1.